The summed E-state index contributed by atoms with van der Waals surface area (Å²) in [5.74, 6) is -2.31. The van der Waals surface area contributed by atoms with E-state index in [-0.39, 0.29) is 17.0 Å². The monoisotopic (exact) mass is 311 g/mol. The smallest absolute Gasteiger partial charge is 0.305 e. The van der Waals surface area contributed by atoms with E-state index in [1.165, 1.54) is 30.7 Å². The fraction of sp³-hybridized carbons (Fsp3) is 0.143. The summed E-state index contributed by atoms with van der Waals surface area (Å²) in [6, 6.07) is 4.44. The second-order valence-corrected chi connectivity index (χ2v) is 4.72. The molecule has 2 aromatic rings. The van der Waals surface area contributed by atoms with Crippen molar-refractivity contribution >= 4 is 23.5 Å². The second kappa shape index (κ2) is 6.41. The lowest BCUT2D eigenvalue weighted by atomic mass is 10.0. The molecule has 2 N–H and O–H groups in total. The average Bonchev–Trinajstić information content (AvgIpc) is 2.94. The van der Waals surface area contributed by atoms with Crippen LogP contribution in [0.4, 0.5) is 4.39 Å². The molecule has 1 atom stereocenters. The highest BCUT2D eigenvalue weighted by atomic mass is 35.5. The lowest BCUT2D eigenvalue weighted by Gasteiger charge is -2.17. The summed E-state index contributed by atoms with van der Waals surface area (Å²) in [6.07, 6.45) is 2.17. The Morgan fingerprint density at radius 2 is 2.14 bits per heavy atom. The minimum atomic E-state index is -1.12. The highest BCUT2D eigenvalue weighted by molar-refractivity contribution is 6.30. The maximum atomic E-state index is 13.5. The molecule has 1 aromatic heterocycles. The highest BCUT2D eigenvalue weighted by Gasteiger charge is 2.20. The van der Waals surface area contributed by atoms with Crippen molar-refractivity contribution in [3.63, 3.8) is 0 Å². The van der Waals surface area contributed by atoms with Crippen LogP contribution >= 0.6 is 11.6 Å². The summed E-state index contributed by atoms with van der Waals surface area (Å²) >= 11 is 5.59. The SMILES string of the molecule is O=C(O)C[C@@H](NC(=O)c1ccoc1)c1ccc(Cl)c(F)c1. The van der Waals surface area contributed by atoms with E-state index in [0.29, 0.717) is 5.56 Å². The topological polar surface area (TPSA) is 79.5 Å². The predicted molar refractivity (Wildman–Crippen MR) is 72.6 cm³/mol. The van der Waals surface area contributed by atoms with Gasteiger partial charge in [-0.25, -0.2) is 4.39 Å². The molecule has 0 aliphatic carbocycles. The summed E-state index contributed by atoms with van der Waals surface area (Å²) in [7, 11) is 0. The number of hydrogen-bond donors (Lipinski definition) is 2. The van der Waals surface area contributed by atoms with E-state index in [9.17, 15) is 14.0 Å². The molecular formula is C14H11ClFNO4. The summed E-state index contributed by atoms with van der Waals surface area (Å²) in [6.45, 7) is 0. The zero-order valence-corrected chi connectivity index (χ0v) is 11.4. The molecule has 1 heterocycles. The van der Waals surface area contributed by atoms with Crippen molar-refractivity contribution in [2.45, 2.75) is 12.5 Å². The molecule has 0 unspecified atom stereocenters. The van der Waals surface area contributed by atoms with Crippen LogP contribution in [-0.4, -0.2) is 17.0 Å². The maximum Gasteiger partial charge on any atom is 0.305 e. The molecule has 0 radical (unpaired) electrons. The van der Waals surface area contributed by atoms with E-state index < -0.39 is 23.7 Å². The summed E-state index contributed by atoms with van der Waals surface area (Å²) < 4.78 is 18.3. The van der Waals surface area contributed by atoms with Crippen molar-refractivity contribution in [1.29, 1.82) is 0 Å². The standard InChI is InChI=1S/C14H11ClFNO4/c15-10-2-1-8(5-11(10)16)12(6-13(18)19)17-14(20)9-3-4-21-7-9/h1-5,7,12H,6H2,(H,17,20)(H,18,19)/t12-/m1/s1. The number of carboxylic acid groups (broad SMARTS) is 1. The van der Waals surface area contributed by atoms with E-state index in [2.05, 4.69) is 5.32 Å². The van der Waals surface area contributed by atoms with E-state index in [0.717, 1.165) is 6.07 Å². The first-order valence-corrected chi connectivity index (χ1v) is 6.35. The molecule has 0 spiro atoms. The first kappa shape index (κ1) is 15.1. The first-order valence-electron chi connectivity index (χ1n) is 5.97. The van der Waals surface area contributed by atoms with E-state index >= 15 is 0 Å². The third-order valence-electron chi connectivity index (χ3n) is 2.81. The number of nitrogens with one attached hydrogen (secondary N) is 1. The fourth-order valence-electron chi connectivity index (χ4n) is 1.79. The van der Waals surface area contributed by atoms with E-state index in [1.54, 1.807) is 0 Å². The predicted octanol–water partition coefficient (Wildman–Crippen LogP) is 3.02. The van der Waals surface area contributed by atoms with Gasteiger partial charge in [0, 0.05) is 0 Å². The van der Waals surface area contributed by atoms with Crippen molar-refractivity contribution in [2.24, 2.45) is 0 Å². The number of carbonyl (C=O) groups is 2. The van der Waals surface area contributed by atoms with Crippen LogP contribution in [0.1, 0.15) is 28.4 Å². The molecule has 0 aliphatic heterocycles. The van der Waals surface area contributed by atoms with E-state index in [1.807, 2.05) is 0 Å². The zero-order valence-electron chi connectivity index (χ0n) is 10.7. The van der Waals surface area contributed by atoms with Gasteiger partial charge in [-0.05, 0) is 23.8 Å². The third-order valence-corrected chi connectivity index (χ3v) is 3.12. The Bertz CT molecular complexity index is 657. The fourth-order valence-corrected chi connectivity index (χ4v) is 1.91. The molecule has 2 rings (SSSR count). The van der Waals surface area contributed by atoms with Crippen molar-refractivity contribution in [2.75, 3.05) is 0 Å². The molecule has 21 heavy (non-hydrogen) atoms. The lowest BCUT2D eigenvalue weighted by Crippen LogP contribution is -2.30. The van der Waals surface area contributed by atoms with Crippen molar-refractivity contribution in [3.05, 3.63) is 58.8 Å². The number of amides is 1. The van der Waals surface area contributed by atoms with Gasteiger partial charge < -0.3 is 14.8 Å². The van der Waals surface area contributed by atoms with Gasteiger partial charge in [0.25, 0.3) is 5.91 Å². The van der Waals surface area contributed by atoms with Crippen LogP contribution in [0.2, 0.25) is 5.02 Å². The summed E-state index contributed by atoms with van der Waals surface area (Å²) in [5.41, 5.74) is 0.566. The number of hydrogen-bond acceptors (Lipinski definition) is 3. The number of benzene rings is 1. The molecule has 5 nitrogen and oxygen atoms in total. The van der Waals surface area contributed by atoms with E-state index in [4.69, 9.17) is 21.1 Å². The Morgan fingerprint density at radius 3 is 2.71 bits per heavy atom. The van der Waals surface area contributed by atoms with Gasteiger partial charge in [0.05, 0.1) is 29.3 Å². The average molecular weight is 312 g/mol. The third kappa shape index (κ3) is 3.82. The molecule has 1 aromatic carbocycles. The molecule has 7 heteroatoms. The molecule has 0 saturated heterocycles. The number of furan rings is 1. The molecule has 1 amide bonds. The number of carboxylic acids is 1. The van der Waals surface area contributed by atoms with Gasteiger partial charge in [-0.15, -0.1) is 0 Å². The van der Waals surface area contributed by atoms with Gasteiger partial charge in [0.15, 0.2) is 0 Å². The largest absolute Gasteiger partial charge is 0.481 e. The van der Waals surface area contributed by atoms with Gasteiger partial charge in [-0.2, -0.15) is 0 Å². The Balaban J connectivity index is 2.23. The Morgan fingerprint density at radius 1 is 1.38 bits per heavy atom. The van der Waals surface area contributed by atoms with Gasteiger partial charge in [-0.1, -0.05) is 17.7 Å². The second-order valence-electron chi connectivity index (χ2n) is 4.31. The summed E-state index contributed by atoms with van der Waals surface area (Å²) in [4.78, 5) is 22.9. The van der Waals surface area contributed by atoms with Gasteiger partial charge in [-0.3, -0.25) is 9.59 Å². The van der Waals surface area contributed by atoms with Gasteiger partial charge >= 0.3 is 5.97 Å². The summed E-state index contributed by atoms with van der Waals surface area (Å²) in [5, 5.41) is 11.4. The number of halogens is 2. The van der Waals surface area contributed by atoms with Gasteiger partial charge in [0.1, 0.15) is 12.1 Å². The molecule has 0 fully saturated rings. The van der Waals surface area contributed by atoms with Crippen LogP contribution < -0.4 is 5.32 Å². The van der Waals surface area contributed by atoms with Crippen LogP contribution in [0.15, 0.2) is 41.2 Å². The van der Waals surface area contributed by atoms with Crippen molar-refractivity contribution in [3.8, 4) is 0 Å². The minimum absolute atomic E-state index is 0.0750. The number of aliphatic carboxylic acids is 1. The van der Waals surface area contributed by atoms with Crippen LogP contribution in [0.5, 0.6) is 0 Å². The molecule has 110 valence electrons. The Labute approximate surface area is 124 Å². The molecule has 0 saturated carbocycles. The van der Waals surface area contributed by atoms with Gasteiger partial charge in [0.2, 0.25) is 0 Å². The first-order chi connectivity index (χ1) is 9.97. The quantitative estimate of drug-likeness (QED) is 0.889. The van der Waals surface area contributed by atoms with Crippen LogP contribution in [0.3, 0.4) is 0 Å². The normalized spacial score (nSPS) is 11.9. The highest BCUT2D eigenvalue weighted by Crippen LogP contribution is 2.23. The van der Waals surface area contributed by atoms with Crippen LogP contribution in [-0.2, 0) is 4.79 Å². The maximum absolute atomic E-state index is 13.5. The van der Waals surface area contributed by atoms with Crippen LogP contribution in [0.25, 0.3) is 0 Å². The lowest BCUT2D eigenvalue weighted by molar-refractivity contribution is -0.137. The zero-order chi connectivity index (χ0) is 15.4. The molecule has 0 aliphatic rings. The molecule has 0 bridgehead atoms. The Kier molecular flexibility index (Phi) is 4.59. The Hall–Kier alpha value is -2.34. The number of rotatable bonds is 5. The number of carbonyl (C=O) groups excluding carboxylic acids is 1. The van der Waals surface area contributed by atoms with Crippen molar-refractivity contribution < 1.29 is 23.5 Å². The molecular weight excluding hydrogens is 301 g/mol. The van der Waals surface area contributed by atoms with Crippen LogP contribution in [0, 0.1) is 5.82 Å². The van der Waals surface area contributed by atoms with Crippen molar-refractivity contribution in [1.82, 2.24) is 5.32 Å². The minimum Gasteiger partial charge on any atom is -0.481 e.